The Labute approximate surface area is 177 Å². The molecule has 1 amide bonds. The molecular formula is C23H27ClN2O3. The molecule has 1 saturated heterocycles. The molecule has 1 aliphatic heterocycles. The Balaban J connectivity index is 1.44. The molecular weight excluding hydrogens is 388 g/mol. The molecule has 1 unspecified atom stereocenters. The minimum atomic E-state index is -0.621. The normalized spacial score (nSPS) is 16.2. The number of ketones is 1. The monoisotopic (exact) mass is 414 g/mol. The summed E-state index contributed by atoms with van der Waals surface area (Å²) in [5.41, 5.74) is 1.81. The van der Waals surface area contributed by atoms with E-state index in [0.717, 1.165) is 37.5 Å². The van der Waals surface area contributed by atoms with Gasteiger partial charge in [-0.05, 0) is 56.5 Å². The number of likely N-dealkylation sites (tertiary alicyclic amines) is 1. The Bertz CT molecular complexity index is 845. The summed E-state index contributed by atoms with van der Waals surface area (Å²) in [6.45, 7) is 6.00. The number of carbonyl (C=O) groups excluding carboxylic acids is 2. The third-order valence-corrected chi connectivity index (χ3v) is 5.43. The minimum absolute atomic E-state index is 0.0297. The number of ether oxygens (including phenoxy) is 1. The second-order valence-electron chi connectivity index (χ2n) is 7.53. The average Bonchev–Trinajstić information content (AvgIpc) is 2.71. The highest BCUT2D eigenvalue weighted by molar-refractivity contribution is 6.30. The first-order valence-corrected chi connectivity index (χ1v) is 10.3. The summed E-state index contributed by atoms with van der Waals surface area (Å²) in [7, 11) is 0. The maximum Gasteiger partial charge on any atom is 0.260 e. The second-order valence-corrected chi connectivity index (χ2v) is 7.97. The third-order valence-electron chi connectivity index (χ3n) is 5.18. The number of amides is 1. The van der Waals surface area contributed by atoms with Gasteiger partial charge in [0, 0.05) is 36.3 Å². The summed E-state index contributed by atoms with van der Waals surface area (Å²) >= 11 is 5.94. The molecule has 1 heterocycles. The van der Waals surface area contributed by atoms with Crippen LogP contribution in [0.5, 0.6) is 5.75 Å². The number of nitrogens with one attached hydrogen (secondary N) is 1. The van der Waals surface area contributed by atoms with Crippen molar-refractivity contribution in [2.24, 2.45) is 0 Å². The molecule has 2 aromatic rings. The molecule has 1 N–H and O–H groups in total. The van der Waals surface area contributed by atoms with Crippen molar-refractivity contribution in [2.75, 3.05) is 13.1 Å². The van der Waals surface area contributed by atoms with Crippen LogP contribution in [0.25, 0.3) is 0 Å². The predicted octanol–water partition coefficient (Wildman–Crippen LogP) is 4.09. The molecule has 5 nitrogen and oxygen atoms in total. The zero-order chi connectivity index (χ0) is 20.8. The van der Waals surface area contributed by atoms with Gasteiger partial charge < -0.3 is 10.1 Å². The van der Waals surface area contributed by atoms with Crippen LogP contribution in [0.4, 0.5) is 0 Å². The van der Waals surface area contributed by atoms with Crippen molar-refractivity contribution < 1.29 is 14.3 Å². The van der Waals surface area contributed by atoms with Crippen molar-refractivity contribution in [3.8, 4) is 5.75 Å². The molecule has 1 aliphatic rings. The van der Waals surface area contributed by atoms with Gasteiger partial charge in [0.05, 0.1) is 0 Å². The first kappa shape index (κ1) is 21.3. The van der Waals surface area contributed by atoms with Crippen molar-refractivity contribution in [1.29, 1.82) is 0 Å². The molecule has 3 rings (SSSR count). The number of halogens is 1. The van der Waals surface area contributed by atoms with E-state index in [4.69, 9.17) is 16.3 Å². The van der Waals surface area contributed by atoms with E-state index in [2.05, 4.69) is 22.3 Å². The van der Waals surface area contributed by atoms with Crippen molar-refractivity contribution in [2.45, 2.75) is 45.4 Å². The van der Waals surface area contributed by atoms with Gasteiger partial charge in [0.2, 0.25) is 0 Å². The van der Waals surface area contributed by atoms with Crippen LogP contribution >= 0.6 is 11.6 Å². The molecule has 154 valence electrons. The third kappa shape index (κ3) is 6.31. The Morgan fingerprint density at radius 1 is 1.17 bits per heavy atom. The quantitative estimate of drug-likeness (QED) is 0.693. The van der Waals surface area contributed by atoms with Crippen LogP contribution < -0.4 is 10.1 Å². The van der Waals surface area contributed by atoms with Gasteiger partial charge in [-0.1, -0.05) is 35.9 Å². The van der Waals surface area contributed by atoms with Crippen LogP contribution in [0.15, 0.2) is 48.5 Å². The molecule has 29 heavy (non-hydrogen) atoms. The number of nitrogens with zero attached hydrogens (tertiary/aromatic N) is 1. The van der Waals surface area contributed by atoms with Crippen LogP contribution in [0.1, 0.15) is 42.6 Å². The molecule has 1 atom stereocenters. The van der Waals surface area contributed by atoms with Gasteiger partial charge in [-0.3, -0.25) is 14.5 Å². The molecule has 2 aromatic carbocycles. The van der Waals surface area contributed by atoms with E-state index in [-0.39, 0.29) is 17.7 Å². The molecule has 0 bridgehead atoms. The first-order chi connectivity index (χ1) is 13.9. The fraction of sp³-hybridized carbons (Fsp3) is 0.391. The zero-order valence-electron chi connectivity index (χ0n) is 16.9. The summed E-state index contributed by atoms with van der Waals surface area (Å²) in [5, 5.41) is 3.84. The van der Waals surface area contributed by atoms with Gasteiger partial charge in [-0.2, -0.15) is 0 Å². The lowest BCUT2D eigenvalue weighted by Crippen LogP contribution is -2.47. The van der Waals surface area contributed by atoms with E-state index in [1.165, 1.54) is 12.5 Å². The van der Waals surface area contributed by atoms with Crippen molar-refractivity contribution >= 4 is 23.3 Å². The van der Waals surface area contributed by atoms with E-state index in [1.54, 1.807) is 31.2 Å². The van der Waals surface area contributed by atoms with Gasteiger partial charge in [0.1, 0.15) is 5.75 Å². The topological polar surface area (TPSA) is 58.6 Å². The largest absolute Gasteiger partial charge is 0.481 e. The van der Waals surface area contributed by atoms with Crippen molar-refractivity contribution in [3.05, 3.63) is 64.7 Å². The number of rotatable bonds is 7. The van der Waals surface area contributed by atoms with Crippen LogP contribution in [-0.4, -0.2) is 41.8 Å². The Hall–Kier alpha value is -2.37. The summed E-state index contributed by atoms with van der Waals surface area (Å²) in [6, 6.07) is 15.0. The minimum Gasteiger partial charge on any atom is -0.481 e. The van der Waals surface area contributed by atoms with Gasteiger partial charge in [0.15, 0.2) is 11.9 Å². The lowest BCUT2D eigenvalue weighted by Gasteiger charge is -2.32. The lowest BCUT2D eigenvalue weighted by atomic mass is 10.0. The molecule has 6 heteroatoms. The average molecular weight is 415 g/mol. The SMILES string of the molecule is CC(=O)c1cccc(OC(C)C(=O)NC2CCN(Cc3ccc(Cl)cc3)CC2)c1. The Morgan fingerprint density at radius 3 is 2.52 bits per heavy atom. The highest BCUT2D eigenvalue weighted by Gasteiger charge is 2.23. The van der Waals surface area contributed by atoms with Crippen molar-refractivity contribution in [3.63, 3.8) is 0 Å². The molecule has 0 aliphatic carbocycles. The van der Waals surface area contributed by atoms with Gasteiger partial charge in [0.25, 0.3) is 5.91 Å². The van der Waals surface area contributed by atoms with Gasteiger partial charge in [-0.15, -0.1) is 0 Å². The summed E-state index contributed by atoms with van der Waals surface area (Å²) in [6.07, 6.45) is 1.20. The predicted molar refractivity (Wildman–Crippen MR) is 114 cm³/mol. The fourth-order valence-electron chi connectivity index (χ4n) is 3.45. The van der Waals surface area contributed by atoms with Gasteiger partial charge >= 0.3 is 0 Å². The fourth-order valence-corrected chi connectivity index (χ4v) is 3.57. The van der Waals surface area contributed by atoms with E-state index in [0.29, 0.717) is 11.3 Å². The van der Waals surface area contributed by atoms with Crippen LogP contribution in [0, 0.1) is 0 Å². The standard InChI is InChI=1S/C23H27ClN2O3/c1-16(27)19-4-3-5-22(14-19)29-17(2)23(28)25-21-10-12-26(13-11-21)15-18-6-8-20(24)9-7-18/h3-9,14,17,21H,10-13,15H2,1-2H3,(H,25,28). The maximum atomic E-state index is 12.5. The smallest absolute Gasteiger partial charge is 0.260 e. The number of benzene rings is 2. The maximum absolute atomic E-state index is 12.5. The van der Waals surface area contributed by atoms with E-state index in [1.807, 2.05) is 12.1 Å². The number of Topliss-reactive ketones (excluding diaryl/α,β-unsaturated/α-hetero) is 1. The first-order valence-electron chi connectivity index (χ1n) is 9.95. The van der Waals surface area contributed by atoms with E-state index in [9.17, 15) is 9.59 Å². The van der Waals surface area contributed by atoms with Crippen LogP contribution in [-0.2, 0) is 11.3 Å². The zero-order valence-corrected chi connectivity index (χ0v) is 17.6. The molecule has 0 radical (unpaired) electrons. The van der Waals surface area contributed by atoms with Crippen LogP contribution in [0.2, 0.25) is 5.02 Å². The summed E-state index contributed by atoms with van der Waals surface area (Å²) in [5.74, 6) is 0.366. The van der Waals surface area contributed by atoms with E-state index < -0.39 is 6.10 Å². The lowest BCUT2D eigenvalue weighted by molar-refractivity contribution is -0.128. The highest BCUT2D eigenvalue weighted by Crippen LogP contribution is 2.18. The Kier molecular flexibility index (Phi) is 7.29. The van der Waals surface area contributed by atoms with Crippen LogP contribution in [0.3, 0.4) is 0 Å². The number of carbonyl (C=O) groups is 2. The molecule has 0 aromatic heterocycles. The number of hydrogen-bond donors (Lipinski definition) is 1. The molecule has 0 saturated carbocycles. The van der Waals surface area contributed by atoms with Crippen molar-refractivity contribution in [1.82, 2.24) is 10.2 Å². The number of piperidine rings is 1. The van der Waals surface area contributed by atoms with Gasteiger partial charge in [-0.25, -0.2) is 0 Å². The Morgan fingerprint density at radius 2 is 1.86 bits per heavy atom. The molecule has 0 spiro atoms. The number of hydrogen-bond acceptors (Lipinski definition) is 4. The highest BCUT2D eigenvalue weighted by atomic mass is 35.5. The summed E-state index contributed by atoms with van der Waals surface area (Å²) in [4.78, 5) is 26.4. The summed E-state index contributed by atoms with van der Waals surface area (Å²) < 4.78 is 5.73. The van der Waals surface area contributed by atoms with E-state index >= 15 is 0 Å². The second kappa shape index (κ2) is 9.90. The molecule has 1 fully saturated rings.